The minimum absolute atomic E-state index is 0.170. The van der Waals surface area contributed by atoms with Gasteiger partial charge in [-0.25, -0.2) is 0 Å². The molecule has 8 rings (SSSR count). The number of benzene rings is 6. The molecule has 0 fully saturated rings. The molecule has 6 heteroatoms. The number of rotatable bonds is 6. The van der Waals surface area contributed by atoms with E-state index in [1.807, 2.05) is 72.8 Å². The Bertz CT molecular complexity index is 1930. The van der Waals surface area contributed by atoms with Crippen molar-refractivity contribution in [2.24, 2.45) is 0 Å². The van der Waals surface area contributed by atoms with Gasteiger partial charge in [0.1, 0.15) is 11.1 Å². The fraction of sp³-hybridized carbons (Fsp3) is 0.0500. The van der Waals surface area contributed by atoms with Crippen molar-refractivity contribution in [2.75, 3.05) is 21.3 Å². The molecular formula is C40H30N4O2. The third kappa shape index (κ3) is 4.19. The molecule has 0 radical (unpaired) electrons. The monoisotopic (exact) mass is 598 g/mol. The lowest BCUT2D eigenvalue weighted by Crippen LogP contribution is -2.51. The van der Waals surface area contributed by atoms with E-state index in [0.29, 0.717) is 22.5 Å². The maximum absolute atomic E-state index is 13.2. The first-order valence-electron chi connectivity index (χ1n) is 15.3. The Morgan fingerprint density at radius 3 is 1.15 bits per heavy atom. The molecule has 2 aliphatic heterocycles. The van der Waals surface area contributed by atoms with Gasteiger partial charge in [0, 0.05) is 45.0 Å². The third-order valence-electron chi connectivity index (χ3n) is 9.06. The van der Waals surface area contributed by atoms with E-state index in [9.17, 15) is 9.59 Å². The molecule has 6 nitrogen and oxygen atoms in total. The number of nitrogens with one attached hydrogen (secondary N) is 4. The summed E-state index contributed by atoms with van der Waals surface area (Å²) < 4.78 is 0. The predicted octanol–water partition coefficient (Wildman–Crippen LogP) is 8.23. The lowest BCUT2D eigenvalue weighted by Gasteiger charge is -2.42. The average molecular weight is 599 g/mol. The van der Waals surface area contributed by atoms with Crippen molar-refractivity contribution < 1.29 is 9.59 Å². The van der Waals surface area contributed by atoms with Gasteiger partial charge in [-0.3, -0.25) is 9.59 Å². The highest BCUT2D eigenvalue weighted by atomic mass is 16.2. The molecule has 2 aliphatic rings. The zero-order chi connectivity index (χ0) is 31.1. The van der Waals surface area contributed by atoms with Crippen molar-refractivity contribution in [2.45, 2.75) is 11.1 Å². The number of fused-ring (bicyclic) bond motifs is 5. The number of anilines is 4. The highest BCUT2D eigenvalue weighted by Gasteiger charge is 2.65. The molecule has 46 heavy (non-hydrogen) atoms. The molecule has 0 aliphatic carbocycles. The largest absolute Gasteiger partial charge is 0.369 e. The van der Waals surface area contributed by atoms with E-state index in [0.717, 1.165) is 33.6 Å². The smallest absolute Gasteiger partial charge is 0.255 e. The topological polar surface area (TPSA) is 82.3 Å². The van der Waals surface area contributed by atoms with E-state index < -0.39 is 11.1 Å². The summed E-state index contributed by atoms with van der Waals surface area (Å²) in [5, 5.41) is 14.1. The summed E-state index contributed by atoms with van der Waals surface area (Å²) in [6, 6.07) is 51.3. The summed E-state index contributed by atoms with van der Waals surface area (Å²) >= 11 is 0. The van der Waals surface area contributed by atoms with Gasteiger partial charge in [-0.05, 0) is 71.8 Å². The number of hydrogen-bond acceptors (Lipinski definition) is 4. The van der Waals surface area contributed by atoms with E-state index in [1.54, 1.807) is 24.3 Å². The van der Waals surface area contributed by atoms with Crippen LogP contribution >= 0.6 is 0 Å². The summed E-state index contributed by atoms with van der Waals surface area (Å²) in [6.07, 6.45) is 0. The van der Waals surface area contributed by atoms with Crippen LogP contribution < -0.4 is 21.3 Å². The molecule has 6 aromatic carbocycles. The van der Waals surface area contributed by atoms with Crippen LogP contribution in [0.4, 0.5) is 22.7 Å². The molecule has 0 saturated carbocycles. The van der Waals surface area contributed by atoms with E-state index in [1.165, 1.54) is 0 Å². The van der Waals surface area contributed by atoms with Crippen LogP contribution in [0.2, 0.25) is 0 Å². The summed E-state index contributed by atoms with van der Waals surface area (Å²) in [5.74, 6) is -0.341. The molecule has 0 unspecified atom stereocenters. The van der Waals surface area contributed by atoms with Gasteiger partial charge in [-0.2, -0.15) is 0 Å². The van der Waals surface area contributed by atoms with Gasteiger partial charge < -0.3 is 21.3 Å². The van der Waals surface area contributed by atoms with E-state index >= 15 is 0 Å². The zero-order valence-corrected chi connectivity index (χ0v) is 24.8. The SMILES string of the molecule is O=C(Nc1ccc2c(c1)[C@]1(c3ccccc3)Nc3ccc(NC(=O)c4ccccc4)cc3[C@]1(c1ccccc1)N2)c1ccccc1. The quantitative estimate of drug-likeness (QED) is 0.156. The summed E-state index contributed by atoms with van der Waals surface area (Å²) in [5.41, 5.74) is 6.98. The molecule has 2 amide bonds. The average Bonchev–Trinajstić information content (AvgIpc) is 3.57. The number of carbonyl (C=O) groups excluding carboxylic acids is 2. The van der Waals surface area contributed by atoms with Gasteiger partial charge in [0.2, 0.25) is 0 Å². The first-order valence-corrected chi connectivity index (χ1v) is 15.3. The normalized spacial score (nSPS) is 18.7. The number of amides is 2. The molecule has 0 saturated heterocycles. The van der Waals surface area contributed by atoms with E-state index in [2.05, 4.69) is 81.9 Å². The van der Waals surface area contributed by atoms with Gasteiger partial charge >= 0.3 is 0 Å². The van der Waals surface area contributed by atoms with Crippen LogP contribution in [0.5, 0.6) is 0 Å². The second kappa shape index (κ2) is 10.8. The van der Waals surface area contributed by atoms with Crippen LogP contribution in [-0.2, 0) is 11.1 Å². The number of hydrogen-bond donors (Lipinski definition) is 4. The predicted molar refractivity (Wildman–Crippen MR) is 183 cm³/mol. The van der Waals surface area contributed by atoms with Crippen molar-refractivity contribution in [1.29, 1.82) is 0 Å². The second-order valence-electron chi connectivity index (χ2n) is 11.6. The first-order chi connectivity index (χ1) is 22.6. The minimum atomic E-state index is -0.803. The number of carbonyl (C=O) groups is 2. The standard InChI is InChI=1S/C40H30N4O2/c45-37(27-13-5-1-6-14-27)41-31-21-23-35-33(25-31)39(29-17-9-3-10-18-29)40(43-35,30-19-11-4-12-20-30)34-26-32(22-24-36(34)44-39)42-38(46)28-15-7-2-8-16-28/h1-26,43-44H,(H,41,45)(H,42,46)/t39-,40-/m0/s1. The Kier molecular flexibility index (Phi) is 6.43. The van der Waals surface area contributed by atoms with Crippen LogP contribution in [0, 0.1) is 0 Å². The third-order valence-corrected chi connectivity index (χ3v) is 9.06. The molecule has 0 aromatic heterocycles. The van der Waals surface area contributed by atoms with Crippen LogP contribution in [0.15, 0.2) is 158 Å². The van der Waals surface area contributed by atoms with Gasteiger partial charge in [0.25, 0.3) is 11.8 Å². The molecule has 0 bridgehead atoms. The lowest BCUT2D eigenvalue weighted by atomic mass is 9.66. The van der Waals surface area contributed by atoms with Gasteiger partial charge in [-0.15, -0.1) is 0 Å². The Hall–Kier alpha value is -6.14. The van der Waals surface area contributed by atoms with Crippen LogP contribution in [-0.4, -0.2) is 11.8 Å². The molecule has 0 spiro atoms. The summed E-state index contributed by atoms with van der Waals surface area (Å²) in [4.78, 5) is 26.4. The van der Waals surface area contributed by atoms with Crippen molar-refractivity contribution in [1.82, 2.24) is 0 Å². The minimum Gasteiger partial charge on any atom is -0.369 e. The highest BCUT2D eigenvalue weighted by molar-refractivity contribution is 6.05. The van der Waals surface area contributed by atoms with Crippen LogP contribution in [0.25, 0.3) is 0 Å². The zero-order valence-electron chi connectivity index (χ0n) is 24.8. The molecule has 2 atom stereocenters. The van der Waals surface area contributed by atoms with Crippen molar-refractivity contribution >= 4 is 34.6 Å². The maximum atomic E-state index is 13.2. The van der Waals surface area contributed by atoms with E-state index in [4.69, 9.17) is 0 Å². The lowest BCUT2D eigenvalue weighted by molar-refractivity contribution is 0.101. The molecular weight excluding hydrogens is 568 g/mol. The van der Waals surface area contributed by atoms with Crippen molar-refractivity contribution in [3.05, 3.63) is 191 Å². The maximum Gasteiger partial charge on any atom is 0.255 e. The van der Waals surface area contributed by atoms with Crippen molar-refractivity contribution in [3.8, 4) is 0 Å². The van der Waals surface area contributed by atoms with Crippen molar-refractivity contribution in [3.63, 3.8) is 0 Å². The summed E-state index contributed by atoms with van der Waals surface area (Å²) in [6.45, 7) is 0. The van der Waals surface area contributed by atoms with Gasteiger partial charge in [-0.1, -0.05) is 97.1 Å². The van der Waals surface area contributed by atoms with Crippen LogP contribution in [0.1, 0.15) is 43.0 Å². The Morgan fingerprint density at radius 1 is 0.435 bits per heavy atom. The fourth-order valence-corrected chi connectivity index (χ4v) is 7.06. The molecule has 6 aromatic rings. The van der Waals surface area contributed by atoms with Crippen LogP contribution in [0.3, 0.4) is 0 Å². The van der Waals surface area contributed by atoms with E-state index in [-0.39, 0.29) is 11.8 Å². The summed E-state index contributed by atoms with van der Waals surface area (Å²) in [7, 11) is 0. The first kappa shape index (κ1) is 27.4. The highest BCUT2D eigenvalue weighted by Crippen LogP contribution is 2.64. The molecule has 222 valence electrons. The Labute approximate surface area is 267 Å². The molecule has 2 heterocycles. The molecule has 4 N–H and O–H groups in total. The van der Waals surface area contributed by atoms with Gasteiger partial charge in [0.15, 0.2) is 0 Å². The Morgan fingerprint density at radius 2 is 0.783 bits per heavy atom. The van der Waals surface area contributed by atoms with Gasteiger partial charge in [0.05, 0.1) is 0 Å². The fourth-order valence-electron chi connectivity index (χ4n) is 7.06. The second-order valence-corrected chi connectivity index (χ2v) is 11.6. The Balaban J connectivity index is 1.30.